The van der Waals surface area contributed by atoms with Crippen molar-refractivity contribution >= 4 is 5.91 Å². The molecule has 0 aliphatic heterocycles. The van der Waals surface area contributed by atoms with Crippen molar-refractivity contribution in [2.45, 2.75) is 26.9 Å². The number of hydrogen-bond donors (Lipinski definition) is 1. The van der Waals surface area contributed by atoms with Gasteiger partial charge in [0.15, 0.2) is 0 Å². The Morgan fingerprint density at radius 2 is 1.88 bits per heavy atom. The number of carbonyl (C=O) groups excluding carboxylic acids is 1. The van der Waals surface area contributed by atoms with Crippen molar-refractivity contribution in [3.8, 4) is 0 Å². The molecule has 0 spiro atoms. The van der Waals surface area contributed by atoms with E-state index in [1.807, 2.05) is 36.7 Å². The van der Waals surface area contributed by atoms with Crippen molar-refractivity contribution in [2.24, 2.45) is 0 Å². The molecule has 128 valence electrons. The lowest BCUT2D eigenvalue weighted by atomic mass is 10.1. The molecule has 1 aromatic heterocycles. The van der Waals surface area contributed by atoms with E-state index >= 15 is 0 Å². The maximum Gasteiger partial charge on any atom is 0.251 e. The van der Waals surface area contributed by atoms with E-state index in [4.69, 9.17) is 0 Å². The Morgan fingerprint density at radius 1 is 1.12 bits per heavy atom. The van der Waals surface area contributed by atoms with Crippen LogP contribution in [-0.2, 0) is 13.1 Å². The Morgan fingerprint density at radius 3 is 2.60 bits per heavy atom. The molecule has 4 nitrogen and oxygen atoms in total. The Bertz CT molecular complexity index is 887. The molecule has 0 unspecified atom stereocenters. The summed E-state index contributed by atoms with van der Waals surface area (Å²) in [5.74, 6) is -0.718. The van der Waals surface area contributed by atoms with Crippen LogP contribution in [0.3, 0.4) is 0 Å². The van der Waals surface area contributed by atoms with Gasteiger partial charge in [-0.2, -0.15) is 5.10 Å². The number of carbonyl (C=O) groups is 1. The third kappa shape index (κ3) is 3.94. The zero-order valence-electron chi connectivity index (χ0n) is 14.3. The maximum absolute atomic E-state index is 13.2. The fourth-order valence-corrected chi connectivity index (χ4v) is 2.80. The summed E-state index contributed by atoms with van der Waals surface area (Å²) < 4.78 is 15.2. The summed E-state index contributed by atoms with van der Waals surface area (Å²) >= 11 is 0. The van der Waals surface area contributed by atoms with Crippen LogP contribution in [0.4, 0.5) is 4.39 Å². The molecule has 0 aliphatic carbocycles. The van der Waals surface area contributed by atoms with E-state index in [1.54, 1.807) is 6.07 Å². The van der Waals surface area contributed by atoms with Gasteiger partial charge < -0.3 is 5.32 Å². The predicted octanol–water partition coefficient (Wildman–Crippen LogP) is 3.62. The van der Waals surface area contributed by atoms with Crippen molar-refractivity contribution in [1.29, 1.82) is 0 Å². The summed E-state index contributed by atoms with van der Waals surface area (Å²) in [6.07, 6.45) is 0. The molecular formula is C20H20FN3O. The van der Waals surface area contributed by atoms with Gasteiger partial charge in [0.25, 0.3) is 5.91 Å². The van der Waals surface area contributed by atoms with E-state index in [0.717, 1.165) is 17.0 Å². The Labute approximate surface area is 146 Å². The Kier molecular flexibility index (Phi) is 4.93. The number of nitrogens with one attached hydrogen (secondary N) is 1. The van der Waals surface area contributed by atoms with Crippen LogP contribution in [0.5, 0.6) is 0 Å². The molecule has 5 heteroatoms. The normalized spacial score (nSPS) is 10.7. The lowest BCUT2D eigenvalue weighted by Gasteiger charge is -2.07. The highest BCUT2D eigenvalue weighted by molar-refractivity contribution is 5.94. The zero-order valence-corrected chi connectivity index (χ0v) is 14.3. The van der Waals surface area contributed by atoms with E-state index in [9.17, 15) is 9.18 Å². The lowest BCUT2D eigenvalue weighted by molar-refractivity contribution is 0.0950. The van der Waals surface area contributed by atoms with Gasteiger partial charge >= 0.3 is 0 Å². The first-order chi connectivity index (χ1) is 12.0. The van der Waals surface area contributed by atoms with E-state index < -0.39 is 5.82 Å². The van der Waals surface area contributed by atoms with Crippen molar-refractivity contribution in [1.82, 2.24) is 15.1 Å². The van der Waals surface area contributed by atoms with Crippen LogP contribution >= 0.6 is 0 Å². The van der Waals surface area contributed by atoms with E-state index in [1.165, 1.54) is 23.8 Å². The van der Waals surface area contributed by atoms with Gasteiger partial charge in [-0.05, 0) is 37.6 Å². The lowest BCUT2D eigenvalue weighted by Crippen LogP contribution is -2.23. The van der Waals surface area contributed by atoms with Gasteiger partial charge in [0.1, 0.15) is 5.82 Å². The summed E-state index contributed by atoms with van der Waals surface area (Å²) in [7, 11) is 0. The first-order valence-corrected chi connectivity index (χ1v) is 8.15. The van der Waals surface area contributed by atoms with Gasteiger partial charge in [-0.1, -0.05) is 36.4 Å². The SMILES string of the molecule is Cc1nn(Cc2ccccc2)c(C)c1CNC(=O)c1cccc(F)c1. The van der Waals surface area contributed by atoms with Gasteiger partial charge in [-0.15, -0.1) is 0 Å². The van der Waals surface area contributed by atoms with E-state index in [2.05, 4.69) is 22.5 Å². The molecule has 0 bridgehead atoms. The number of halogens is 1. The summed E-state index contributed by atoms with van der Waals surface area (Å²) in [5, 5.41) is 7.42. The van der Waals surface area contributed by atoms with Crippen LogP contribution < -0.4 is 5.32 Å². The standard InChI is InChI=1S/C20H20FN3O/c1-14-19(12-22-20(25)17-9-6-10-18(21)11-17)15(2)24(23-14)13-16-7-4-3-5-8-16/h3-11H,12-13H2,1-2H3,(H,22,25). The van der Waals surface area contributed by atoms with E-state index in [0.29, 0.717) is 18.7 Å². The second kappa shape index (κ2) is 7.30. The summed E-state index contributed by atoms with van der Waals surface area (Å²) in [6.45, 7) is 4.97. The number of nitrogens with zero attached hydrogens (tertiary/aromatic N) is 2. The van der Waals surface area contributed by atoms with Gasteiger partial charge in [-0.25, -0.2) is 4.39 Å². The van der Waals surface area contributed by atoms with Crippen LogP contribution in [0.15, 0.2) is 54.6 Å². The molecule has 0 fully saturated rings. The van der Waals surface area contributed by atoms with Crippen molar-refractivity contribution in [3.63, 3.8) is 0 Å². The fraction of sp³-hybridized carbons (Fsp3) is 0.200. The number of benzene rings is 2. The highest BCUT2D eigenvalue weighted by atomic mass is 19.1. The third-order valence-electron chi connectivity index (χ3n) is 4.22. The number of hydrogen-bond acceptors (Lipinski definition) is 2. The van der Waals surface area contributed by atoms with Gasteiger partial charge in [0, 0.05) is 23.4 Å². The first kappa shape index (κ1) is 16.9. The molecular weight excluding hydrogens is 317 g/mol. The Balaban J connectivity index is 1.72. The van der Waals surface area contributed by atoms with Crippen LogP contribution in [-0.4, -0.2) is 15.7 Å². The zero-order chi connectivity index (χ0) is 17.8. The first-order valence-electron chi connectivity index (χ1n) is 8.15. The smallest absolute Gasteiger partial charge is 0.251 e. The number of amides is 1. The molecule has 1 N–H and O–H groups in total. The molecule has 25 heavy (non-hydrogen) atoms. The largest absolute Gasteiger partial charge is 0.348 e. The van der Waals surface area contributed by atoms with Crippen LogP contribution in [0.2, 0.25) is 0 Å². The molecule has 2 aromatic carbocycles. The minimum absolute atomic E-state index is 0.297. The minimum atomic E-state index is -0.421. The van der Waals surface area contributed by atoms with Crippen LogP contribution in [0, 0.1) is 19.7 Å². The molecule has 0 radical (unpaired) electrons. The molecule has 0 atom stereocenters. The summed E-state index contributed by atoms with van der Waals surface area (Å²) in [5.41, 5.74) is 4.37. The Hall–Kier alpha value is -2.95. The minimum Gasteiger partial charge on any atom is -0.348 e. The monoisotopic (exact) mass is 337 g/mol. The number of aromatic nitrogens is 2. The average Bonchev–Trinajstić information content (AvgIpc) is 2.87. The number of aryl methyl sites for hydroxylation is 1. The second-order valence-electron chi connectivity index (χ2n) is 5.99. The molecule has 3 rings (SSSR count). The van der Waals surface area contributed by atoms with Gasteiger partial charge in [0.2, 0.25) is 0 Å². The molecule has 0 saturated carbocycles. The third-order valence-corrected chi connectivity index (χ3v) is 4.22. The molecule has 0 saturated heterocycles. The van der Waals surface area contributed by atoms with E-state index in [-0.39, 0.29) is 5.91 Å². The highest BCUT2D eigenvalue weighted by Crippen LogP contribution is 2.15. The quantitative estimate of drug-likeness (QED) is 0.773. The van der Waals surface area contributed by atoms with Crippen molar-refractivity contribution in [2.75, 3.05) is 0 Å². The second-order valence-corrected chi connectivity index (χ2v) is 5.99. The molecule has 0 aliphatic rings. The van der Waals surface area contributed by atoms with Gasteiger partial charge in [-0.3, -0.25) is 9.48 Å². The topological polar surface area (TPSA) is 46.9 Å². The van der Waals surface area contributed by atoms with Crippen LogP contribution in [0.1, 0.15) is 32.9 Å². The van der Waals surface area contributed by atoms with Crippen molar-refractivity contribution < 1.29 is 9.18 Å². The molecule has 3 aromatic rings. The maximum atomic E-state index is 13.2. The fourth-order valence-electron chi connectivity index (χ4n) is 2.80. The highest BCUT2D eigenvalue weighted by Gasteiger charge is 2.13. The van der Waals surface area contributed by atoms with Crippen molar-refractivity contribution in [3.05, 3.63) is 88.5 Å². The summed E-state index contributed by atoms with van der Waals surface area (Å²) in [6, 6.07) is 15.8. The molecule has 1 heterocycles. The average molecular weight is 337 g/mol. The molecule has 1 amide bonds. The number of rotatable bonds is 5. The van der Waals surface area contributed by atoms with Gasteiger partial charge in [0.05, 0.1) is 12.2 Å². The van der Waals surface area contributed by atoms with Crippen LogP contribution in [0.25, 0.3) is 0 Å². The predicted molar refractivity (Wildman–Crippen MR) is 94.8 cm³/mol. The summed E-state index contributed by atoms with van der Waals surface area (Å²) in [4.78, 5) is 12.2.